The molecule has 0 saturated heterocycles. The van der Waals surface area contributed by atoms with Crippen molar-refractivity contribution in [2.45, 2.75) is 67.7 Å². The summed E-state index contributed by atoms with van der Waals surface area (Å²) in [6, 6.07) is 0. The lowest BCUT2D eigenvalue weighted by Gasteiger charge is -2.22. The Hall–Kier alpha value is -0.260. The van der Waals surface area contributed by atoms with Crippen molar-refractivity contribution in [3.8, 4) is 0 Å². The maximum Gasteiger partial charge on any atom is -0.0203 e. The fourth-order valence-electron chi connectivity index (χ4n) is 1.97. The van der Waals surface area contributed by atoms with E-state index < -0.39 is 0 Å². The summed E-state index contributed by atoms with van der Waals surface area (Å²) in [6.07, 6.45) is 8.56. The molecule has 1 unspecified atom stereocenters. The van der Waals surface area contributed by atoms with Gasteiger partial charge in [-0.1, -0.05) is 60.6 Å². The Bertz CT molecular complexity index is 185. The molecule has 0 amide bonds. The van der Waals surface area contributed by atoms with Gasteiger partial charge in [0.1, 0.15) is 0 Å². The third-order valence-corrected chi connectivity index (χ3v) is 2.40. The maximum absolute atomic E-state index is 2.37. The second-order valence-corrected chi connectivity index (χ2v) is 7.22. The van der Waals surface area contributed by atoms with Crippen LogP contribution in [-0.4, -0.2) is 0 Å². The molecule has 0 fully saturated rings. The number of allylic oxidation sites excluding steroid dienone is 2. The highest BCUT2D eigenvalue weighted by Gasteiger charge is 2.14. The van der Waals surface area contributed by atoms with Gasteiger partial charge in [0, 0.05) is 0 Å². The Morgan fingerprint density at radius 3 is 1.93 bits per heavy atom. The predicted octanol–water partition coefficient (Wildman–Crippen LogP) is 5.44. The van der Waals surface area contributed by atoms with Crippen molar-refractivity contribution in [2.24, 2.45) is 16.7 Å². The van der Waals surface area contributed by atoms with Crippen molar-refractivity contribution in [3.63, 3.8) is 0 Å². The van der Waals surface area contributed by atoms with Crippen LogP contribution in [0.3, 0.4) is 0 Å². The van der Waals surface area contributed by atoms with Gasteiger partial charge in [-0.15, -0.1) is 0 Å². The van der Waals surface area contributed by atoms with E-state index in [1.807, 2.05) is 0 Å². The van der Waals surface area contributed by atoms with Crippen molar-refractivity contribution in [2.75, 3.05) is 0 Å². The van der Waals surface area contributed by atoms with Gasteiger partial charge in [0.15, 0.2) is 0 Å². The summed E-state index contributed by atoms with van der Waals surface area (Å²) in [4.78, 5) is 0. The first kappa shape index (κ1) is 14.7. The van der Waals surface area contributed by atoms with Crippen LogP contribution < -0.4 is 0 Å². The van der Waals surface area contributed by atoms with Crippen LogP contribution in [0.5, 0.6) is 0 Å². The van der Waals surface area contributed by atoms with Crippen molar-refractivity contribution in [1.29, 1.82) is 0 Å². The largest absolute Gasteiger partial charge is 0.0880 e. The highest BCUT2D eigenvalue weighted by atomic mass is 14.2. The minimum absolute atomic E-state index is 0.341. The summed E-state index contributed by atoms with van der Waals surface area (Å²) in [5, 5.41) is 0. The molecule has 0 N–H and O–H groups in total. The van der Waals surface area contributed by atoms with E-state index in [4.69, 9.17) is 0 Å². The highest BCUT2D eigenvalue weighted by molar-refractivity contribution is 4.92. The molecule has 0 nitrogen and oxygen atoms in total. The topological polar surface area (TPSA) is 0 Å². The third kappa shape index (κ3) is 11.7. The van der Waals surface area contributed by atoms with Gasteiger partial charge >= 0.3 is 0 Å². The molecule has 0 aromatic rings. The molecular formula is C15H30. The fourth-order valence-corrected chi connectivity index (χ4v) is 1.97. The van der Waals surface area contributed by atoms with Crippen molar-refractivity contribution in [1.82, 2.24) is 0 Å². The van der Waals surface area contributed by atoms with Gasteiger partial charge in [0.25, 0.3) is 0 Å². The Kier molecular flexibility index (Phi) is 5.62. The second kappa shape index (κ2) is 5.72. The summed E-state index contributed by atoms with van der Waals surface area (Å²) < 4.78 is 0. The highest BCUT2D eigenvalue weighted by Crippen LogP contribution is 2.27. The van der Waals surface area contributed by atoms with Crippen LogP contribution >= 0.6 is 0 Å². The van der Waals surface area contributed by atoms with Crippen molar-refractivity contribution >= 4 is 0 Å². The van der Waals surface area contributed by atoms with Crippen LogP contribution in [0.4, 0.5) is 0 Å². The van der Waals surface area contributed by atoms with Crippen LogP contribution in [0, 0.1) is 16.7 Å². The number of hydrogen-bond acceptors (Lipinski definition) is 0. The molecule has 0 aliphatic rings. The Morgan fingerprint density at radius 1 is 1.00 bits per heavy atom. The van der Waals surface area contributed by atoms with E-state index in [9.17, 15) is 0 Å². The molecule has 0 heteroatoms. The van der Waals surface area contributed by atoms with Crippen LogP contribution in [0.25, 0.3) is 0 Å². The summed E-state index contributed by atoms with van der Waals surface area (Å²) in [5.74, 6) is 0.842. The number of rotatable bonds is 4. The molecule has 0 saturated carbocycles. The van der Waals surface area contributed by atoms with Crippen LogP contribution in [-0.2, 0) is 0 Å². The standard InChI is InChI=1S/C15H30/c1-13(12-15(5,6)7)10-8-9-11-14(2,3)4/h9,11,13H,8,10,12H2,1-7H3/b11-9+. The van der Waals surface area contributed by atoms with Gasteiger partial charge in [-0.3, -0.25) is 0 Å². The summed E-state index contributed by atoms with van der Waals surface area (Å²) in [6.45, 7) is 16.1. The van der Waals surface area contributed by atoms with Gasteiger partial charge in [-0.05, 0) is 36.0 Å². The van der Waals surface area contributed by atoms with E-state index >= 15 is 0 Å². The summed E-state index contributed by atoms with van der Waals surface area (Å²) >= 11 is 0. The SMILES string of the molecule is CC(CC/C=C/C(C)(C)C)CC(C)(C)C. The Balaban J connectivity index is 3.74. The summed E-state index contributed by atoms with van der Waals surface area (Å²) in [5.41, 5.74) is 0.820. The average molecular weight is 210 g/mol. The van der Waals surface area contributed by atoms with E-state index in [-0.39, 0.29) is 0 Å². The van der Waals surface area contributed by atoms with E-state index in [2.05, 4.69) is 60.6 Å². The van der Waals surface area contributed by atoms with Gasteiger partial charge in [-0.25, -0.2) is 0 Å². The zero-order valence-electron chi connectivity index (χ0n) is 11.9. The van der Waals surface area contributed by atoms with Gasteiger partial charge in [0.2, 0.25) is 0 Å². The monoisotopic (exact) mass is 210 g/mol. The zero-order valence-corrected chi connectivity index (χ0v) is 11.9. The van der Waals surface area contributed by atoms with Gasteiger partial charge < -0.3 is 0 Å². The Morgan fingerprint density at radius 2 is 1.53 bits per heavy atom. The molecule has 0 aliphatic heterocycles. The molecule has 15 heavy (non-hydrogen) atoms. The molecule has 0 aromatic heterocycles. The number of hydrogen-bond donors (Lipinski definition) is 0. The van der Waals surface area contributed by atoms with E-state index in [1.54, 1.807) is 0 Å². The van der Waals surface area contributed by atoms with E-state index in [0.29, 0.717) is 10.8 Å². The molecule has 0 spiro atoms. The third-order valence-electron chi connectivity index (χ3n) is 2.40. The molecule has 1 atom stereocenters. The zero-order chi connectivity index (χ0) is 12.1. The first-order chi connectivity index (χ1) is 6.60. The lowest BCUT2D eigenvalue weighted by Crippen LogP contribution is -2.10. The minimum atomic E-state index is 0.341. The fraction of sp³-hybridized carbons (Fsp3) is 0.867. The Labute approximate surface area is 97.2 Å². The lowest BCUT2D eigenvalue weighted by atomic mass is 9.83. The second-order valence-electron chi connectivity index (χ2n) is 7.22. The van der Waals surface area contributed by atoms with Crippen LogP contribution in [0.2, 0.25) is 0 Å². The lowest BCUT2D eigenvalue weighted by molar-refractivity contribution is 0.298. The van der Waals surface area contributed by atoms with Crippen molar-refractivity contribution < 1.29 is 0 Å². The predicted molar refractivity (Wildman–Crippen MR) is 71.1 cm³/mol. The maximum atomic E-state index is 2.37. The van der Waals surface area contributed by atoms with E-state index in [0.717, 1.165) is 5.92 Å². The molecule has 0 heterocycles. The quantitative estimate of drug-likeness (QED) is 0.542. The van der Waals surface area contributed by atoms with Gasteiger partial charge in [0.05, 0.1) is 0 Å². The minimum Gasteiger partial charge on any atom is -0.0880 e. The average Bonchev–Trinajstić information content (AvgIpc) is 1.92. The normalized spacial score (nSPS) is 15.9. The van der Waals surface area contributed by atoms with Crippen LogP contribution in [0.1, 0.15) is 67.7 Å². The molecule has 0 aliphatic carbocycles. The molecule has 0 rings (SSSR count). The first-order valence-corrected chi connectivity index (χ1v) is 6.28. The first-order valence-electron chi connectivity index (χ1n) is 6.28. The molecule has 0 aromatic carbocycles. The summed E-state index contributed by atoms with van der Waals surface area (Å²) in [7, 11) is 0. The molecule has 0 radical (unpaired) electrons. The smallest absolute Gasteiger partial charge is 0.0203 e. The van der Waals surface area contributed by atoms with E-state index in [1.165, 1.54) is 19.3 Å². The molecule has 0 bridgehead atoms. The molecular weight excluding hydrogens is 180 g/mol. The van der Waals surface area contributed by atoms with Crippen molar-refractivity contribution in [3.05, 3.63) is 12.2 Å². The van der Waals surface area contributed by atoms with Gasteiger partial charge in [-0.2, -0.15) is 0 Å². The molecule has 90 valence electrons. The van der Waals surface area contributed by atoms with Crippen LogP contribution in [0.15, 0.2) is 12.2 Å².